The van der Waals surface area contributed by atoms with Crippen molar-refractivity contribution < 1.29 is 4.79 Å². The van der Waals surface area contributed by atoms with E-state index in [0.29, 0.717) is 16.2 Å². The second kappa shape index (κ2) is 7.92. The highest BCUT2D eigenvalue weighted by Crippen LogP contribution is 2.29. The van der Waals surface area contributed by atoms with Gasteiger partial charge in [-0.15, -0.1) is 0 Å². The molecular formula is C24H23ClN4O. The minimum Gasteiger partial charge on any atom is -0.322 e. The molecule has 1 N–H and O–H groups in total. The first-order valence-electron chi connectivity index (χ1n) is 9.91. The smallest absolute Gasteiger partial charge is 0.256 e. The summed E-state index contributed by atoms with van der Waals surface area (Å²) in [6.07, 6.45) is 0.958. The lowest BCUT2D eigenvalue weighted by Gasteiger charge is -2.10. The van der Waals surface area contributed by atoms with E-state index >= 15 is 0 Å². The molecule has 4 rings (SSSR count). The molecule has 0 aliphatic carbocycles. The molecular weight excluding hydrogens is 396 g/mol. The van der Waals surface area contributed by atoms with E-state index in [1.165, 1.54) is 5.56 Å². The molecule has 0 aliphatic heterocycles. The highest BCUT2D eigenvalue weighted by Gasteiger charge is 2.20. The molecule has 2 aromatic carbocycles. The Balaban J connectivity index is 1.82. The second-order valence-electron chi connectivity index (χ2n) is 7.40. The third-order valence-electron chi connectivity index (χ3n) is 5.27. The number of amides is 1. The van der Waals surface area contributed by atoms with Crippen molar-refractivity contribution in [3.8, 4) is 5.69 Å². The Morgan fingerprint density at radius 1 is 1.10 bits per heavy atom. The van der Waals surface area contributed by atoms with Crippen LogP contribution in [0.1, 0.15) is 39.8 Å². The maximum Gasteiger partial charge on any atom is 0.256 e. The number of aryl methyl sites for hydroxylation is 3. The number of halogens is 1. The second-order valence-corrected chi connectivity index (χ2v) is 7.80. The fraction of sp³-hybridized carbons (Fsp3) is 0.208. The first-order valence-corrected chi connectivity index (χ1v) is 10.3. The van der Waals surface area contributed by atoms with E-state index in [9.17, 15) is 4.79 Å². The van der Waals surface area contributed by atoms with Gasteiger partial charge in [0, 0.05) is 16.4 Å². The lowest BCUT2D eigenvalue weighted by atomic mass is 10.1. The summed E-state index contributed by atoms with van der Waals surface area (Å²) in [6, 6.07) is 15.4. The van der Waals surface area contributed by atoms with Crippen LogP contribution in [0.5, 0.6) is 0 Å². The molecule has 5 nitrogen and oxygen atoms in total. The summed E-state index contributed by atoms with van der Waals surface area (Å²) in [5.41, 5.74) is 6.43. The van der Waals surface area contributed by atoms with Crippen molar-refractivity contribution in [3.63, 3.8) is 0 Å². The summed E-state index contributed by atoms with van der Waals surface area (Å²) in [7, 11) is 0. The molecule has 0 bridgehead atoms. The zero-order valence-corrected chi connectivity index (χ0v) is 18.2. The minimum atomic E-state index is -0.180. The summed E-state index contributed by atoms with van der Waals surface area (Å²) in [5.74, 6) is -0.180. The quantitative estimate of drug-likeness (QED) is 0.454. The van der Waals surface area contributed by atoms with Crippen LogP contribution in [0.25, 0.3) is 16.7 Å². The van der Waals surface area contributed by atoms with Crippen LogP contribution in [0.15, 0.2) is 48.5 Å². The molecule has 0 radical (unpaired) electrons. The van der Waals surface area contributed by atoms with Crippen LogP contribution in [-0.2, 0) is 6.42 Å². The Morgan fingerprint density at radius 2 is 1.83 bits per heavy atom. The first kappa shape index (κ1) is 20.1. The number of rotatable bonds is 4. The molecule has 0 aliphatic rings. The van der Waals surface area contributed by atoms with Gasteiger partial charge in [-0.3, -0.25) is 4.79 Å². The monoisotopic (exact) mass is 418 g/mol. The van der Waals surface area contributed by atoms with Crippen LogP contribution in [-0.4, -0.2) is 20.7 Å². The Kier molecular flexibility index (Phi) is 5.31. The summed E-state index contributed by atoms with van der Waals surface area (Å²) >= 11 is 6.32. The Labute approximate surface area is 180 Å². The molecule has 0 saturated carbocycles. The van der Waals surface area contributed by atoms with Gasteiger partial charge in [-0.1, -0.05) is 36.7 Å². The number of carbonyl (C=O) groups excluding carboxylic acids is 1. The summed E-state index contributed by atoms with van der Waals surface area (Å²) in [4.78, 5) is 17.9. The molecule has 4 aromatic rings. The Bertz CT molecular complexity index is 1260. The fourth-order valence-electron chi connectivity index (χ4n) is 3.61. The molecule has 152 valence electrons. The molecule has 0 fully saturated rings. The maximum atomic E-state index is 13.2. The van der Waals surface area contributed by atoms with Crippen LogP contribution in [0.4, 0.5) is 5.69 Å². The van der Waals surface area contributed by atoms with Gasteiger partial charge in [0.25, 0.3) is 5.91 Å². The van der Waals surface area contributed by atoms with Crippen molar-refractivity contribution in [2.45, 2.75) is 34.1 Å². The van der Waals surface area contributed by atoms with Crippen LogP contribution >= 0.6 is 11.6 Å². The number of fused-ring (bicyclic) bond motifs is 1. The highest BCUT2D eigenvalue weighted by molar-refractivity contribution is 6.31. The zero-order chi connectivity index (χ0) is 21.4. The van der Waals surface area contributed by atoms with E-state index in [2.05, 4.69) is 12.2 Å². The molecule has 0 unspecified atom stereocenters. The number of anilines is 1. The number of benzene rings is 2. The SMILES string of the molecule is CCc1ccc(NC(=O)c2cc(C)nc3c2c(C)nn3-c2cccc(Cl)c2C)cc1. The van der Waals surface area contributed by atoms with Gasteiger partial charge in [-0.05, 0) is 68.7 Å². The topological polar surface area (TPSA) is 59.8 Å². The molecule has 2 aromatic heterocycles. The number of hydrogen-bond acceptors (Lipinski definition) is 3. The molecule has 2 heterocycles. The number of aromatic nitrogens is 3. The van der Waals surface area contributed by atoms with E-state index in [1.54, 1.807) is 4.68 Å². The van der Waals surface area contributed by atoms with Gasteiger partial charge in [0.15, 0.2) is 5.65 Å². The maximum absolute atomic E-state index is 13.2. The average Bonchev–Trinajstić information content (AvgIpc) is 3.06. The third-order valence-corrected chi connectivity index (χ3v) is 5.68. The lowest BCUT2D eigenvalue weighted by Crippen LogP contribution is -2.13. The molecule has 0 saturated heterocycles. The Morgan fingerprint density at radius 3 is 2.53 bits per heavy atom. The van der Waals surface area contributed by atoms with Crippen molar-refractivity contribution in [1.29, 1.82) is 0 Å². The molecule has 0 atom stereocenters. The van der Waals surface area contributed by atoms with Gasteiger partial charge < -0.3 is 5.32 Å². The van der Waals surface area contributed by atoms with Gasteiger partial charge in [0.05, 0.1) is 22.3 Å². The van der Waals surface area contributed by atoms with Crippen molar-refractivity contribution in [3.05, 3.63) is 81.6 Å². The standard InChI is InChI=1S/C24H23ClN4O/c1-5-17-9-11-18(12-10-17)27-24(30)19-13-14(2)26-23-22(19)16(4)28-29(23)21-8-6-7-20(25)15(21)3/h6-13H,5H2,1-4H3,(H,27,30). The lowest BCUT2D eigenvalue weighted by molar-refractivity contribution is 0.102. The largest absolute Gasteiger partial charge is 0.322 e. The number of nitrogens with zero attached hydrogens (tertiary/aromatic N) is 3. The van der Waals surface area contributed by atoms with E-state index in [1.807, 2.05) is 69.3 Å². The van der Waals surface area contributed by atoms with Gasteiger partial charge in [-0.25, -0.2) is 9.67 Å². The predicted molar refractivity (Wildman–Crippen MR) is 122 cm³/mol. The van der Waals surface area contributed by atoms with Gasteiger partial charge in [-0.2, -0.15) is 5.10 Å². The van der Waals surface area contributed by atoms with Crippen molar-refractivity contribution in [2.24, 2.45) is 0 Å². The van der Waals surface area contributed by atoms with Gasteiger partial charge in [0.1, 0.15) is 0 Å². The average molecular weight is 419 g/mol. The summed E-state index contributed by atoms with van der Waals surface area (Å²) < 4.78 is 1.77. The van der Waals surface area contributed by atoms with Crippen LogP contribution < -0.4 is 5.32 Å². The molecule has 0 spiro atoms. The van der Waals surface area contributed by atoms with E-state index in [0.717, 1.165) is 40.1 Å². The highest BCUT2D eigenvalue weighted by atomic mass is 35.5. The summed E-state index contributed by atoms with van der Waals surface area (Å²) in [5, 5.41) is 9.09. The number of hydrogen-bond donors (Lipinski definition) is 1. The van der Waals surface area contributed by atoms with Crippen LogP contribution in [0.3, 0.4) is 0 Å². The van der Waals surface area contributed by atoms with E-state index in [-0.39, 0.29) is 5.91 Å². The molecule has 1 amide bonds. The van der Waals surface area contributed by atoms with Gasteiger partial charge in [0.2, 0.25) is 0 Å². The number of nitrogens with one attached hydrogen (secondary N) is 1. The van der Waals surface area contributed by atoms with Crippen molar-refractivity contribution >= 4 is 34.2 Å². The predicted octanol–water partition coefficient (Wildman–Crippen LogP) is 5.81. The minimum absolute atomic E-state index is 0.180. The summed E-state index contributed by atoms with van der Waals surface area (Å²) in [6.45, 7) is 7.82. The van der Waals surface area contributed by atoms with Crippen molar-refractivity contribution in [2.75, 3.05) is 5.32 Å². The first-order chi connectivity index (χ1) is 14.4. The van der Waals surface area contributed by atoms with Gasteiger partial charge >= 0.3 is 0 Å². The fourth-order valence-corrected chi connectivity index (χ4v) is 3.78. The zero-order valence-electron chi connectivity index (χ0n) is 17.5. The number of carbonyl (C=O) groups is 1. The number of pyridine rings is 1. The van der Waals surface area contributed by atoms with Crippen molar-refractivity contribution in [1.82, 2.24) is 14.8 Å². The third kappa shape index (κ3) is 3.57. The van der Waals surface area contributed by atoms with Crippen LogP contribution in [0.2, 0.25) is 5.02 Å². The van der Waals surface area contributed by atoms with Crippen LogP contribution in [0, 0.1) is 20.8 Å². The molecule has 6 heteroatoms. The Hall–Kier alpha value is -3.18. The van der Waals surface area contributed by atoms with E-state index in [4.69, 9.17) is 21.7 Å². The normalized spacial score (nSPS) is 11.1. The molecule has 30 heavy (non-hydrogen) atoms. The van der Waals surface area contributed by atoms with E-state index < -0.39 is 0 Å².